The molecule has 0 aliphatic rings. The fourth-order valence-corrected chi connectivity index (χ4v) is 1.89. The maximum Gasteiger partial charge on any atom is 0.303 e. The fourth-order valence-electron chi connectivity index (χ4n) is 1.58. The van der Waals surface area contributed by atoms with Gasteiger partial charge >= 0.3 is 5.97 Å². The van der Waals surface area contributed by atoms with Crippen LogP contribution in [0.15, 0.2) is 6.07 Å². The normalized spacial score (nSPS) is 11.4. The number of anilines is 1. The summed E-state index contributed by atoms with van der Waals surface area (Å²) in [5, 5.41) is 19.7. The van der Waals surface area contributed by atoms with E-state index in [2.05, 4.69) is 15.5 Å². The molecule has 0 aliphatic heterocycles. The first-order chi connectivity index (χ1) is 8.80. The highest BCUT2D eigenvalue weighted by Crippen LogP contribution is 2.27. The van der Waals surface area contributed by atoms with E-state index in [1.165, 1.54) is 0 Å². The minimum Gasteiger partial charge on any atom is -0.481 e. The van der Waals surface area contributed by atoms with Crippen molar-refractivity contribution in [2.75, 3.05) is 11.9 Å². The summed E-state index contributed by atoms with van der Waals surface area (Å²) in [7, 11) is 0. The summed E-state index contributed by atoms with van der Waals surface area (Å²) >= 11 is 11.6. The zero-order valence-corrected chi connectivity index (χ0v) is 12.4. The number of nitrogens with zero attached hydrogens (tertiary/aromatic N) is 2. The molecule has 0 unspecified atom stereocenters. The second-order valence-electron chi connectivity index (χ2n) is 5.11. The van der Waals surface area contributed by atoms with E-state index in [1.807, 2.05) is 13.8 Å². The molecule has 106 valence electrons. The lowest BCUT2D eigenvalue weighted by atomic mass is 9.84. The van der Waals surface area contributed by atoms with Crippen LogP contribution in [0.2, 0.25) is 10.3 Å². The number of rotatable bonds is 7. The summed E-state index contributed by atoms with van der Waals surface area (Å²) in [6, 6.07) is 1.61. The average Bonchev–Trinajstić information content (AvgIpc) is 2.31. The van der Waals surface area contributed by atoms with Crippen LogP contribution in [-0.2, 0) is 4.79 Å². The van der Waals surface area contributed by atoms with Crippen LogP contribution < -0.4 is 5.32 Å². The monoisotopic (exact) mass is 305 g/mol. The molecule has 5 nitrogen and oxygen atoms in total. The molecule has 0 spiro atoms. The van der Waals surface area contributed by atoms with E-state index in [9.17, 15) is 4.79 Å². The van der Waals surface area contributed by atoms with Gasteiger partial charge in [-0.1, -0.05) is 37.0 Å². The quantitative estimate of drug-likeness (QED) is 0.806. The van der Waals surface area contributed by atoms with Crippen LogP contribution >= 0.6 is 23.2 Å². The molecule has 1 aromatic rings. The molecule has 19 heavy (non-hydrogen) atoms. The number of carboxylic acids is 1. The van der Waals surface area contributed by atoms with E-state index in [0.29, 0.717) is 18.7 Å². The average molecular weight is 306 g/mol. The molecule has 0 radical (unpaired) electrons. The lowest BCUT2D eigenvalue weighted by Gasteiger charge is -2.24. The molecule has 7 heteroatoms. The van der Waals surface area contributed by atoms with Gasteiger partial charge in [-0.3, -0.25) is 4.79 Å². The summed E-state index contributed by atoms with van der Waals surface area (Å²) in [5.74, 6) is -0.769. The van der Waals surface area contributed by atoms with Gasteiger partial charge in [0.15, 0.2) is 10.3 Å². The summed E-state index contributed by atoms with van der Waals surface area (Å²) in [5.41, 5.74) is 0.581. The Kier molecular flexibility index (Phi) is 5.82. The summed E-state index contributed by atoms with van der Waals surface area (Å²) in [4.78, 5) is 10.6. The topological polar surface area (TPSA) is 75.1 Å². The van der Waals surface area contributed by atoms with Gasteiger partial charge in [0, 0.05) is 19.0 Å². The molecule has 0 fully saturated rings. The van der Waals surface area contributed by atoms with E-state index in [1.54, 1.807) is 6.07 Å². The third-order valence-corrected chi connectivity index (χ3v) is 3.32. The molecule has 0 saturated heterocycles. The number of hydrogen-bond acceptors (Lipinski definition) is 4. The third kappa shape index (κ3) is 6.07. The van der Waals surface area contributed by atoms with Gasteiger partial charge in [0.25, 0.3) is 0 Å². The molecular formula is C12H17Cl2N3O2. The van der Waals surface area contributed by atoms with Gasteiger partial charge in [0.05, 0.1) is 5.69 Å². The predicted octanol–water partition coefficient (Wildman–Crippen LogP) is 3.48. The smallest absolute Gasteiger partial charge is 0.303 e. The van der Waals surface area contributed by atoms with Gasteiger partial charge in [-0.2, -0.15) is 0 Å². The van der Waals surface area contributed by atoms with Crippen molar-refractivity contribution in [2.24, 2.45) is 5.41 Å². The Balaban J connectivity index is 2.44. The number of carbonyl (C=O) groups is 1. The number of aliphatic carboxylic acids is 1. The van der Waals surface area contributed by atoms with Crippen molar-refractivity contribution in [3.05, 3.63) is 16.4 Å². The van der Waals surface area contributed by atoms with Crippen LogP contribution in [0, 0.1) is 5.41 Å². The molecule has 1 heterocycles. The van der Waals surface area contributed by atoms with E-state index < -0.39 is 5.97 Å². The highest BCUT2D eigenvalue weighted by Gasteiger charge is 2.19. The molecular weight excluding hydrogens is 289 g/mol. The van der Waals surface area contributed by atoms with Crippen molar-refractivity contribution in [1.82, 2.24) is 10.2 Å². The Bertz CT molecular complexity index is 453. The van der Waals surface area contributed by atoms with Crippen LogP contribution in [0.5, 0.6) is 0 Å². The van der Waals surface area contributed by atoms with Gasteiger partial charge in [-0.25, -0.2) is 0 Å². The molecule has 0 aromatic carbocycles. The Morgan fingerprint density at radius 3 is 2.68 bits per heavy atom. The summed E-state index contributed by atoms with van der Waals surface area (Å²) < 4.78 is 0. The molecule has 1 aromatic heterocycles. The molecule has 2 N–H and O–H groups in total. The van der Waals surface area contributed by atoms with Crippen molar-refractivity contribution in [3.8, 4) is 0 Å². The second kappa shape index (κ2) is 6.91. The van der Waals surface area contributed by atoms with Crippen molar-refractivity contribution in [1.29, 1.82) is 0 Å². The molecule has 0 saturated carbocycles. The van der Waals surface area contributed by atoms with Crippen molar-refractivity contribution in [2.45, 2.75) is 33.1 Å². The van der Waals surface area contributed by atoms with Crippen LogP contribution in [0.1, 0.15) is 33.1 Å². The lowest BCUT2D eigenvalue weighted by molar-refractivity contribution is -0.137. The zero-order valence-electron chi connectivity index (χ0n) is 10.9. The first kappa shape index (κ1) is 16.0. The van der Waals surface area contributed by atoms with Gasteiger partial charge in [0.2, 0.25) is 0 Å². The van der Waals surface area contributed by atoms with Crippen molar-refractivity contribution in [3.63, 3.8) is 0 Å². The van der Waals surface area contributed by atoms with Crippen LogP contribution in [-0.4, -0.2) is 27.8 Å². The molecule has 1 rings (SSSR count). The van der Waals surface area contributed by atoms with Gasteiger partial charge < -0.3 is 10.4 Å². The zero-order chi connectivity index (χ0) is 14.5. The third-order valence-electron chi connectivity index (χ3n) is 2.85. The largest absolute Gasteiger partial charge is 0.481 e. The van der Waals surface area contributed by atoms with Gasteiger partial charge in [-0.05, 0) is 18.3 Å². The first-order valence-corrected chi connectivity index (χ1v) is 6.70. The first-order valence-electron chi connectivity index (χ1n) is 5.94. The highest BCUT2D eigenvalue weighted by molar-refractivity contribution is 6.33. The molecule has 0 atom stereocenters. The van der Waals surface area contributed by atoms with Crippen LogP contribution in [0.25, 0.3) is 0 Å². The minimum atomic E-state index is -0.769. The Labute approximate surface area is 122 Å². The number of carboxylic acid groups (broad SMARTS) is 1. The maximum absolute atomic E-state index is 10.6. The van der Waals surface area contributed by atoms with Crippen LogP contribution in [0.4, 0.5) is 5.69 Å². The Hall–Kier alpha value is -1.07. The Morgan fingerprint density at radius 1 is 1.37 bits per heavy atom. The van der Waals surface area contributed by atoms with E-state index in [-0.39, 0.29) is 22.1 Å². The fraction of sp³-hybridized carbons (Fsp3) is 0.583. The molecule has 0 bridgehead atoms. The molecule has 0 amide bonds. The maximum atomic E-state index is 10.6. The van der Waals surface area contributed by atoms with Crippen LogP contribution in [0.3, 0.4) is 0 Å². The van der Waals surface area contributed by atoms with E-state index in [4.69, 9.17) is 28.3 Å². The van der Waals surface area contributed by atoms with E-state index in [0.717, 1.165) is 6.42 Å². The standard InChI is InChI=1S/C12H17Cl2N3O2/c1-12(2,4-3-10(18)19)5-6-15-8-7-9(13)16-17-11(8)14/h7H,3-6H2,1-2H3,(H,15,16)(H,18,19). The number of halogens is 2. The highest BCUT2D eigenvalue weighted by atomic mass is 35.5. The van der Waals surface area contributed by atoms with Crippen molar-refractivity contribution < 1.29 is 9.90 Å². The predicted molar refractivity (Wildman–Crippen MR) is 75.8 cm³/mol. The minimum absolute atomic E-state index is 0.0535. The SMILES string of the molecule is CC(C)(CCNc1cc(Cl)nnc1Cl)CCC(=O)O. The number of aromatic nitrogens is 2. The summed E-state index contributed by atoms with van der Waals surface area (Å²) in [6.45, 7) is 4.74. The molecule has 0 aliphatic carbocycles. The van der Waals surface area contributed by atoms with Crippen molar-refractivity contribution >= 4 is 34.9 Å². The van der Waals surface area contributed by atoms with Gasteiger partial charge in [0.1, 0.15) is 0 Å². The second-order valence-corrected chi connectivity index (χ2v) is 5.85. The van der Waals surface area contributed by atoms with E-state index >= 15 is 0 Å². The lowest BCUT2D eigenvalue weighted by Crippen LogP contribution is -2.18. The Morgan fingerprint density at radius 2 is 2.05 bits per heavy atom. The van der Waals surface area contributed by atoms with Gasteiger partial charge in [-0.15, -0.1) is 10.2 Å². The number of nitrogens with one attached hydrogen (secondary N) is 1. The number of hydrogen-bond donors (Lipinski definition) is 2. The summed E-state index contributed by atoms with van der Waals surface area (Å²) in [6.07, 6.45) is 1.63.